The fraction of sp³-hybridized carbons (Fsp3) is 0.500. The van der Waals surface area contributed by atoms with Gasteiger partial charge in [-0.2, -0.15) is 0 Å². The molecule has 1 saturated carbocycles. The Morgan fingerprint density at radius 2 is 2.05 bits per heavy atom. The van der Waals surface area contributed by atoms with Crippen LogP contribution >= 0.6 is 11.6 Å². The molecule has 2 nitrogen and oxygen atoms in total. The first-order valence-electron chi connectivity index (χ1n) is 8.01. The number of hydrogen-bond donors (Lipinski definition) is 1. The first-order valence-corrected chi connectivity index (χ1v) is 8.39. The van der Waals surface area contributed by atoms with Crippen LogP contribution in [0.4, 0.5) is 0 Å². The van der Waals surface area contributed by atoms with Crippen LogP contribution in [-0.4, -0.2) is 11.0 Å². The molecule has 1 aromatic heterocycles. The summed E-state index contributed by atoms with van der Waals surface area (Å²) in [5.74, 6) is 0.824. The molecular formula is C18H23ClN2. The summed E-state index contributed by atoms with van der Waals surface area (Å²) in [7, 11) is 0. The molecule has 0 amide bonds. The van der Waals surface area contributed by atoms with Gasteiger partial charge in [-0.3, -0.25) is 4.98 Å². The number of rotatable bonds is 4. The first-order chi connectivity index (χ1) is 10.3. The van der Waals surface area contributed by atoms with Gasteiger partial charge in [0.1, 0.15) is 0 Å². The van der Waals surface area contributed by atoms with Crippen LogP contribution in [0.2, 0.25) is 5.02 Å². The molecule has 1 unspecified atom stereocenters. The van der Waals surface area contributed by atoms with E-state index in [4.69, 9.17) is 11.6 Å². The predicted octanol–water partition coefficient (Wildman–Crippen LogP) is 4.95. The van der Waals surface area contributed by atoms with Gasteiger partial charge in [0.15, 0.2) is 0 Å². The third-order valence-electron chi connectivity index (χ3n) is 4.77. The van der Waals surface area contributed by atoms with E-state index in [1.807, 2.05) is 24.4 Å². The molecule has 112 valence electrons. The molecule has 1 N–H and O–H groups in total. The second kappa shape index (κ2) is 6.76. The molecule has 3 heteroatoms. The van der Waals surface area contributed by atoms with Crippen LogP contribution in [0, 0.1) is 5.92 Å². The summed E-state index contributed by atoms with van der Waals surface area (Å²) >= 11 is 6.25. The highest BCUT2D eigenvalue weighted by Gasteiger charge is 2.19. The Balaban J connectivity index is 1.72. The van der Waals surface area contributed by atoms with E-state index in [-0.39, 0.29) is 0 Å². The van der Waals surface area contributed by atoms with Crippen LogP contribution in [0.1, 0.15) is 44.6 Å². The summed E-state index contributed by atoms with van der Waals surface area (Å²) in [6, 6.07) is 8.63. The lowest BCUT2D eigenvalue weighted by atomic mass is 9.84. The number of pyridine rings is 1. The van der Waals surface area contributed by atoms with Crippen molar-refractivity contribution in [2.75, 3.05) is 0 Å². The lowest BCUT2D eigenvalue weighted by molar-refractivity contribution is 0.281. The summed E-state index contributed by atoms with van der Waals surface area (Å²) < 4.78 is 0. The van der Waals surface area contributed by atoms with Crippen molar-refractivity contribution in [2.24, 2.45) is 5.92 Å². The quantitative estimate of drug-likeness (QED) is 0.864. The second-order valence-electron chi connectivity index (χ2n) is 6.17. The molecule has 0 spiro atoms. The Labute approximate surface area is 131 Å². The average Bonchev–Trinajstić information content (AvgIpc) is 2.55. The SMILES string of the molecule is CC(NCc1ccc(Cl)c2cccnc12)C1CCCCC1. The summed E-state index contributed by atoms with van der Waals surface area (Å²) in [5, 5.41) is 5.52. The monoisotopic (exact) mass is 302 g/mol. The van der Waals surface area contributed by atoms with E-state index >= 15 is 0 Å². The van der Waals surface area contributed by atoms with Gasteiger partial charge >= 0.3 is 0 Å². The maximum absolute atomic E-state index is 6.25. The average molecular weight is 303 g/mol. The lowest BCUT2D eigenvalue weighted by Crippen LogP contribution is -2.34. The summed E-state index contributed by atoms with van der Waals surface area (Å²) in [6.45, 7) is 3.18. The molecular weight excluding hydrogens is 280 g/mol. The Morgan fingerprint density at radius 3 is 2.86 bits per heavy atom. The second-order valence-corrected chi connectivity index (χ2v) is 6.58. The number of halogens is 1. The number of aromatic nitrogens is 1. The maximum atomic E-state index is 6.25. The van der Waals surface area contributed by atoms with Crippen molar-refractivity contribution in [1.82, 2.24) is 10.3 Å². The molecule has 21 heavy (non-hydrogen) atoms. The van der Waals surface area contributed by atoms with E-state index in [0.29, 0.717) is 6.04 Å². The van der Waals surface area contributed by atoms with Gasteiger partial charge in [0.05, 0.1) is 5.52 Å². The van der Waals surface area contributed by atoms with Crippen molar-refractivity contribution >= 4 is 22.5 Å². The van der Waals surface area contributed by atoms with E-state index in [1.165, 1.54) is 37.7 Å². The highest BCUT2D eigenvalue weighted by Crippen LogP contribution is 2.27. The minimum absolute atomic E-state index is 0.569. The number of hydrogen-bond acceptors (Lipinski definition) is 2. The molecule has 1 heterocycles. The predicted molar refractivity (Wildman–Crippen MR) is 89.6 cm³/mol. The number of fused-ring (bicyclic) bond motifs is 1. The third kappa shape index (κ3) is 3.38. The molecule has 1 aliphatic rings. The number of nitrogens with zero attached hydrogens (tertiary/aromatic N) is 1. The summed E-state index contributed by atoms with van der Waals surface area (Å²) in [6.07, 6.45) is 8.77. The van der Waals surface area contributed by atoms with E-state index < -0.39 is 0 Å². The molecule has 0 bridgehead atoms. The Morgan fingerprint density at radius 1 is 1.24 bits per heavy atom. The largest absolute Gasteiger partial charge is 0.310 e. The zero-order valence-corrected chi connectivity index (χ0v) is 13.4. The van der Waals surface area contributed by atoms with Gasteiger partial charge in [0.25, 0.3) is 0 Å². The third-order valence-corrected chi connectivity index (χ3v) is 5.10. The lowest BCUT2D eigenvalue weighted by Gasteiger charge is -2.28. The maximum Gasteiger partial charge on any atom is 0.0761 e. The van der Waals surface area contributed by atoms with Gasteiger partial charge in [0, 0.05) is 29.2 Å². The smallest absolute Gasteiger partial charge is 0.0761 e. The zero-order chi connectivity index (χ0) is 14.7. The van der Waals surface area contributed by atoms with Gasteiger partial charge in [0.2, 0.25) is 0 Å². The van der Waals surface area contributed by atoms with Crippen LogP contribution in [0.15, 0.2) is 30.5 Å². The molecule has 0 radical (unpaired) electrons. The normalized spacial score (nSPS) is 18.0. The minimum atomic E-state index is 0.569. The van der Waals surface area contributed by atoms with Crippen molar-refractivity contribution in [3.05, 3.63) is 41.0 Å². The van der Waals surface area contributed by atoms with E-state index in [0.717, 1.165) is 28.4 Å². The molecule has 1 atom stereocenters. The standard InChI is InChI=1S/C18H23ClN2/c1-13(14-6-3-2-4-7-14)21-12-15-9-10-17(19)16-8-5-11-20-18(15)16/h5,8-11,13-14,21H,2-4,6-7,12H2,1H3. The van der Waals surface area contributed by atoms with Crippen LogP contribution in [-0.2, 0) is 6.54 Å². The van der Waals surface area contributed by atoms with Crippen LogP contribution in [0.25, 0.3) is 10.9 Å². The molecule has 2 aromatic rings. The fourth-order valence-corrected chi connectivity index (χ4v) is 3.63. The Kier molecular flexibility index (Phi) is 4.77. The van der Waals surface area contributed by atoms with Crippen molar-refractivity contribution < 1.29 is 0 Å². The van der Waals surface area contributed by atoms with Crippen molar-refractivity contribution in [1.29, 1.82) is 0 Å². The zero-order valence-electron chi connectivity index (χ0n) is 12.6. The van der Waals surface area contributed by atoms with Crippen LogP contribution in [0.5, 0.6) is 0 Å². The molecule has 1 fully saturated rings. The minimum Gasteiger partial charge on any atom is -0.310 e. The molecule has 0 aliphatic heterocycles. The highest BCUT2D eigenvalue weighted by atomic mass is 35.5. The van der Waals surface area contributed by atoms with Gasteiger partial charge in [-0.25, -0.2) is 0 Å². The molecule has 0 saturated heterocycles. The van der Waals surface area contributed by atoms with Crippen molar-refractivity contribution in [3.8, 4) is 0 Å². The number of benzene rings is 1. The molecule has 1 aliphatic carbocycles. The van der Waals surface area contributed by atoms with E-state index in [1.54, 1.807) is 0 Å². The van der Waals surface area contributed by atoms with Crippen molar-refractivity contribution in [2.45, 2.75) is 51.6 Å². The summed E-state index contributed by atoms with van der Waals surface area (Å²) in [4.78, 5) is 4.51. The Hall–Kier alpha value is -1.12. The van der Waals surface area contributed by atoms with E-state index in [9.17, 15) is 0 Å². The fourth-order valence-electron chi connectivity index (χ4n) is 3.41. The molecule has 1 aromatic carbocycles. The van der Waals surface area contributed by atoms with Gasteiger partial charge < -0.3 is 5.32 Å². The summed E-state index contributed by atoms with van der Waals surface area (Å²) in [5.41, 5.74) is 2.26. The van der Waals surface area contributed by atoms with Crippen molar-refractivity contribution in [3.63, 3.8) is 0 Å². The van der Waals surface area contributed by atoms with Crippen LogP contribution < -0.4 is 5.32 Å². The molecule has 3 rings (SSSR count). The van der Waals surface area contributed by atoms with Gasteiger partial charge in [-0.05, 0) is 49.4 Å². The topological polar surface area (TPSA) is 24.9 Å². The van der Waals surface area contributed by atoms with Gasteiger partial charge in [-0.1, -0.05) is 36.9 Å². The number of nitrogens with one attached hydrogen (secondary N) is 1. The van der Waals surface area contributed by atoms with Gasteiger partial charge in [-0.15, -0.1) is 0 Å². The van der Waals surface area contributed by atoms with Crippen LogP contribution in [0.3, 0.4) is 0 Å². The first kappa shape index (κ1) is 14.8. The Bertz CT molecular complexity index is 605. The highest BCUT2D eigenvalue weighted by molar-refractivity contribution is 6.35. The van der Waals surface area contributed by atoms with E-state index in [2.05, 4.69) is 23.3 Å².